The lowest BCUT2D eigenvalue weighted by Crippen LogP contribution is -2.48. The predicted octanol–water partition coefficient (Wildman–Crippen LogP) is -0.108. The highest BCUT2D eigenvalue weighted by Gasteiger charge is 2.28. The van der Waals surface area contributed by atoms with Crippen molar-refractivity contribution in [1.29, 1.82) is 0 Å². The van der Waals surface area contributed by atoms with Crippen LogP contribution < -0.4 is 5.73 Å². The Balaban J connectivity index is 2.46. The molecular formula is C12H20N2O5. The zero-order chi connectivity index (χ0) is 14.4. The van der Waals surface area contributed by atoms with Crippen molar-refractivity contribution in [1.82, 2.24) is 4.90 Å². The summed E-state index contributed by atoms with van der Waals surface area (Å²) in [6.07, 6.45) is 1.57. The van der Waals surface area contributed by atoms with Gasteiger partial charge in [0.1, 0.15) is 0 Å². The molecule has 7 nitrogen and oxygen atoms in total. The molecule has 7 heteroatoms. The highest BCUT2D eigenvalue weighted by atomic mass is 16.4. The number of nitrogens with zero attached hydrogens (tertiary/aromatic N) is 1. The maximum Gasteiger partial charge on any atom is 0.303 e. The Morgan fingerprint density at radius 2 is 1.95 bits per heavy atom. The van der Waals surface area contributed by atoms with Crippen LogP contribution in [0.4, 0.5) is 0 Å². The number of piperidine rings is 1. The van der Waals surface area contributed by atoms with Crippen LogP contribution >= 0.6 is 0 Å². The van der Waals surface area contributed by atoms with Gasteiger partial charge >= 0.3 is 11.9 Å². The van der Waals surface area contributed by atoms with Gasteiger partial charge in [-0.05, 0) is 25.2 Å². The minimum atomic E-state index is -0.981. The van der Waals surface area contributed by atoms with Crippen LogP contribution in [0.2, 0.25) is 0 Å². The van der Waals surface area contributed by atoms with Crippen LogP contribution in [0.3, 0.4) is 0 Å². The molecule has 0 aromatic heterocycles. The van der Waals surface area contributed by atoms with Crippen LogP contribution in [-0.2, 0) is 14.4 Å². The number of likely N-dealkylation sites (tertiary alicyclic amines) is 1. The number of carbonyl (C=O) groups is 3. The average Bonchev–Trinajstić information content (AvgIpc) is 2.34. The van der Waals surface area contributed by atoms with Gasteiger partial charge in [0.05, 0.1) is 6.04 Å². The summed E-state index contributed by atoms with van der Waals surface area (Å²) >= 11 is 0. The molecule has 0 aliphatic carbocycles. The van der Waals surface area contributed by atoms with Gasteiger partial charge in [0.15, 0.2) is 0 Å². The molecule has 1 fully saturated rings. The van der Waals surface area contributed by atoms with Crippen LogP contribution in [0.15, 0.2) is 0 Å². The second kappa shape index (κ2) is 7.08. The lowest BCUT2D eigenvalue weighted by Gasteiger charge is -2.33. The normalized spacial score (nSPS) is 20.9. The van der Waals surface area contributed by atoms with E-state index in [1.807, 2.05) is 0 Å². The Kier molecular flexibility index (Phi) is 5.75. The summed E-state index contributed by atoms with van der Waals surface area (Å²) < 4.78 is 0. The summed E-state index contributed by atoms with van der Waals surface area (Å²) in [5.41, 5.74) is 5.67. The fraction of sp³-hybridized carbons (Fsp3) is 0.750. The minimum Gasteiger partial charge on any atom is -0.481 e. The molecule has 0 bridgehead atoms. The van der Waals surface area contributed by atoms with E-state index in [1.165, 1.54) is 0 Å². The molecule has 1 saturated heterocycles. The second-order valence-corrected chi connectivity index (χ2v) is 4.93. The highest BCUT2D eigenvalue weighted by molar-refractivity contribution is 5.82. The van der Waals surface area contributed by atoms with Gasteiger partial charge in [-0.2, -0.15) is 0 Å². The Bertz CT molecular complexity index is 358. The molecule has 0 saturated carbocycles. The predicted molar refractivity (Wildman–Crippen MR) is 66.4 cm³/mol. The lowest BCUT2D eigenvalue weighted by atomic mass is 9.94. The fourth-order valence-electron chi connectivity index (χ4n) is 2.32. The van der Waals surface area contributed by atoms with E-state index in [0.29, 0.717) is 13.1 Å². The molecule has 108 valence electrons. The third-order valence-electron chi connectivity index (χ3n) is 3.28. The van der Waals surface area contributed by atoms with Crippen molar-refractivity contribution in [3.63, 3.8) is 0 Å². The largest absolute Gasteiger partial charge is 0.481 e. The maximum atomic E-state index is 12.0. The molecule has 1 heterocycles. The van der Waals surface area contributed by atoms with Gasteiger partial charge in [-0.25, -0.2) is 0 Å². The standard InChI is InChI=1S/C12H20N2O5/c13-9(3-4-10(15)16)12(19)14-5-1-2-8(7-14)6-11(17)18/h8-9H,1-7,13H2,(H,15,16)(H,17,18). The number of carbonyl (C=O) groups excluding carboxylic acids is 1. The SMILES string of the molecule is NC(CCC(=O)O)C(=O)N1CCCC(CC(=O)O)C1. The zero-order valence-corrected chi connectivity index (χ0v) is 10.7. The first kappa shape index (κ1) is 15.4. The first-order valence-electron chi connectivity index (χ1n) is 6.38. The number of hydrogen-bond acceptors (Lipinski definition) is 4. The first-order chi connectivity index (χ1) is 8.90. The van der Waals surface area contributed by atoms with Crippen LogP contribution in [0.5, 0.6) is 0 Å². The Morgan fingerprint density at radius 3 is 2.53 bits per heavy atom. The lowest BCUT2D eigenvalue weighted by molar-refractivity contribution is -0.141. The van der Waals surface area contributed by atoms with Gasteiger partial charge in [0, 0.05) is 25.9 Å². The van der Waals surface area contributed by atoms with Crippen molar-refractivity contribution < 1.29 is 24.6 Å². The van der Waals surface area contributed by atoms with Crippen LogP contribution in [0.1, 0.15) is 32.1 Å². The molecule has 0 radical (unpaired) electrons. The van der Waals surface area contributed by atoms with Gasteiger partial charge in [-0.15, -0.1) is 0 Å². The topological polar surface area (TPSA) is 121 Å². The molecule has 1 amide bonds. The van der Waals surface area contributed by atoms with E-state index in [2.05, 4.69) is 0 Å². The van der Waals surface area contributed by atoms with Gasteiger partial charge in [-0.3, -0.25) is 14.4 Å². The molecule has 0 aromatic rings. The second-order valence-electron chi connectivity index (χ2n) is 4.93. The number of nitrogens with two attached hydrogens (primary N) is 1. The van der Waals surface area contributed by atoms with Crippen LogP contribution in [0.25, 0.3) is 0 Å². The van der Waals surface area contributed by atoms with E-state index in [9.17, 15) is 14.4 Å². The van der Waals surface area contributed by atoms with Gasteiger partial charge in [0.2, 0.25) is 5.91 Å². The van der Waals surface area contributed by atoms with Gasteiger partial charge in [0.25, 0.3) is 0 Å². The van der Waals surface area contributed by atoms with E-state index in [-0.39, 0.29) is 31.1 Å². The molecule has 2 atom stereocenters. The molecule has 2 unspecified atom stereocenters. The third-order valence-corrected chi connectivity index (χ3v) is 3.28. The summed E-state index contributed by atoms with van der Waals surface area (Å²) in [6, 6.07) is -0.820. The highest BCUT2D eigenvalue weighted by Crippen LogP contribution is 2.20. The van der Waals surface area contributed by atoms with E-state index in [4.69, 9.17) is 15.9 Å². The maximum absolute atomic E-state index is 12.0. The van der Waals surface area contributed by atoms with Gasteiger partial charge < -0.3 is 20.8 Å². The quantitative estimate of drug-likeness (QED) is 0.620. The number of hydrogen-bond donors (Lipinski definition) is 3. The van der Waals surface area contributed by atoms with E-state index in [1.54, 1.807) is 4.90 Å². The monoisotopic (exact) mass is 272 g/mol. The van der Waals surface area contributed by atoms with Gasteiger partial charge in [-0.1, -0.05) is 0 Å². The number of aliphatic carboxylic acids is 2. The summed E-state index contributed by atoms with van der Waals surface area (Å²) in [6.45, 7) is 0.960. The fourth-order valence-corrected chi connectivity index (χ4v) is 2.32. The van der Waals surface area contributed by atoms with Crippen molar-refractivity contribution in [2.45, 2.75) is 38.1 Å². The molecule has 19 heavy (non-hydrogen) atoms. The van der Waals surface area contributed by atoms with E-state index < -0.39 is 18.0 Å². The molecular weight excluding hydrogens is 252 g/mol. The summed E-state index contributed by atoms with van der Waals surface area (Å²) in [5, 5.41) is 17.3. The molecule has 1 aliphatic rings. The smallest absolute Gasteiger partial charge is 0.303 e. The average molecular weight is 272 g/mol. The third kappa shape index (κ3) is 5.25. The molecule has 4 N–H and O–H groups in total. The number of rotatable bonds is 6. The van der Waals surface area contributed by atoms with Crippen molar-refractivity contribution in [2.75, 3.05) is 13.1 Å². The van der Waals surface area contributed by atoms with Crippen LogP contribution in [-0.4, -0.2) is 52.1 Å². The number of carboxylic acids is 2. The molecule has 0 spiro atoms. The van der Waals surface area contributed by atoms with Crippen molar-refractivity contribution in [3.05, 3.63) is 0 Å². The molecule has 1 rings (SSSR count). The van der Waals surface area contributed by atoms with Crippen LogP contribution in [0, 0.1) is 5.92 Å². The number of amides is 1. The Hall–Kier alpha value is -1.63. The number of carboxylic acid groups (broad SMARTS) is 2. The summed E-state index contributed by atoms with van der Waals surface area (Å²) in [4.78, 5) is 34.7. The van der Waals surface area contributed by atoms with E-state index >= 15 is 0 Å². The Morgan fingerprint density at radius 1 is 1.26 bits per heavy atom. The van der Waals surface area contributed by atoms with Crippen molar-refractivity contribution in [2.24, 2.45) is 11.7 Å². The minimum absolute atomic E-state index is 0.0399. The first-order valence-corrected chi connectivity index (χ1v) is 6.38. The van der Waals surface area contributed by atoms with Crippen molar-refractivity contribution >= 4 is 17.8 Å². The van der Waals surface area contributed by atoms with E-state index in [0.717, 1.165) is 12.8 Å². The molecule has 1 aliphatic heterocycles. The summed E-state index contributed by atoms with van der Waals surface area (Å²) in [5.74, 6) is -2.17. The molecule has 0 aromatic carbocycles. The Labute approximate surface area is 111 Å². The summed E-state index contributed by atoms with van der Waals surface area (Å²) in [7, 11) is 0. The zero-order valence-electron chi connectivity index (χ0n) is 10.7. The van der Waals surface area contributed by atoms with Crippen molar-refractivity contribution in [3.8, 4) is 0 Å².